The lowest BCUT2D eigenvalue weighted by Crippen LogP contribution is -2.32. The van der Waals surface area contributed by atoms with Crippen molar-refractivity contribution in [3.8, 4) is 11.4 Å². The van der Waals surface area contributed by atoms with Crippen LogP contribution in [0.25, 0.3) is 5.69 Å². The van der Waals surface area contributed by atoms with Gasteiger partial charge in [-0.05, 0) is 28.1 Å². The Balaban J connectivity index is 2.76. The van der Waals surface area contributed by atoms with Gasteiger partial charge in [-0.3, -0.25) is 14.3 Å². The quantitative estimate of drug-likeness (QED) is 0.867. The summed E-state index contributed by atoms with van der Waals surface area (Å²) in [5.41, 5.74) is -1.86. The second-order valence-corrected chi connectivity index (χ2v) is 4.65. The van der Waals surface area contributed by atoms with Gasteiger partial charge in [0.25, 0.3) is 5.56 Å². The van der Waals surface area contributed by atoms with Gasteiger partial charge in [0, 0.05) is 16.7 Å². The number of carboxylic acids is 1. The van der Waals surface area contributed by atoms with Crippen LogP contribution in [0.3, 0.4) is 0 Å². The van der Waals surface area contributed by atoms with E-state index in [1.54, 1.807) is 12.1 Å². The Kier molecular flexibility index (Phi) is 3.75. The molecule has 0 atom stereocenters. The van der Waals surface area contributed by atoms with Gasteiger partial charge in [0.2, 0.25) is 0 Å². The Morgan fingerprint density at radius 1 is 1.40 bits per heavy atom. The van der Waals surface area contributed by atoms with Crippen molar-refractivity contribution in [1.29, 1.82) is 0 Å². The molecule has 0 bridgehead atoms. The highest BCUT2D eigenvalue weighted by Crippen LogP contribution is 2.24. The smallest absolute Gasteiger partial charge is 0.342 e. The number of nitrogens with one attached hydrogen (secondary N) is 1. The highest BCUT2D eigenvalue weighted by atomic mass is 79.9. The fourth-order valence-electron chi connectivity index (χ4n) is 1.61. The van der Waals surface area contributed by atoms with Gasteiger partial charge in [-0.25, -0.2) is 9.59 Å². The number of hydrogen-bond donors (Lipinski definition) is 2. The van der Waals surface area contributed by atoms with Crippen molar-refractivity contribution in [2.24, 2.45) is 0 Å². The molecule has 8 heteroatoms. The van der Waals surface area contributed by atoms with E-state index in [0.717, 1.165) is 10.8 Å². The Morgan fingerprint density at radius 3 is 2.70 bits per heavy atom. The number of aromatic carboxylic acids is 1. The number of aromatic nitrogens is 2. The van der Waals surface area contributed by atoms with Crippen molar-refractivity contribution in [3.63, 3.8) is 0 Å². The van der Waals surface area contributed by atoms with Crippen molar-refractivity contribution in [2.75, 3.05) is 7.11 Å². The summed E-state index contributed by atoms with van der Waals surface area (Å²) < 4.78 is 6.62. The number of hydrogen-bond acceptors (Lipinski definition) is 4. The molecular formula is C12H9BrN2O5. The van der Waals surface area contributed by atoms with Gasteiger partial charge in [0.05, 0.1) is 12.8 Å². The van der Waals surface area contributed by atoms with E-state index in [1.807, 2.05) is 4.98 Å². The second kappa shape index (κ2) is 5.33. The fraction of sp³-hybridized carbons (Fsp3) is 0.0833. The van der Waals surface area contributed by atoms with Crippen LogP contribution in [-0.4, -0.2) is 27.7 Å². The lowest BCUT2D eigenvalue weighted by atomic mass is 10.3. The number of methoxy groups -OCH3 is 1. The third-order valence-corrected chi connectivity index (χ3v) is 3.26. The summed E-state index contributed by atoms with van der Waals surface area (Å²) in [5, 5.41) is 8.93. The maximum atomic E-state index is 11.8. The summed E-state index contributed by atoms with van der Waals surface area (Å²) in [6.45, 7) is 0. The largest absolute Gasteiger partial charge is 0.497 e. The van der Waals surface area contributed by atoms with Crippen LogP contribution in [0.15, 0.2) is 38.5 Å². The first-order valence-corrected chi connectivity index (χ1v) is 6.16. The van der Waals surface area contributed by atoms with Crippen molar-refractivity contribution in [2.45, 2.75) is 0 Å². The molecule has 0 aliphatic heterocycles. The molecule has 2 aromatic rings. The Bertz CT molecular complexity index is 793. The maximum absolute atomic E-state index is 11.8. The van der Waals surface area contributed by atoms with Crippen LogP contribution < -0.4 is 16.0 Å². The predicted molar refractivity (Wildman–Crippen MR) is 73.9 cm³/mol. The van der Waals surface area contributed by atoms with Crippen molar-refractivity contribution in [1.82, 2.24) is 9.55 Å². The Labute approximate surface area is 120 Å². The van der Waals surface area contributed by atoms with E-state index in [4.69, 9.17) is 9.84 Å². The molecule has 0 spiro atoms. The molecule has 0 amide bonds. The van der Waals surface area contributed by atoms with E-state index < -0.39 is 22.8 Å². The summed E-state index contributed by atoms with van der Waals surface area (Å²) >= 11 is 3.26. The SMILES string of the molecule is COc1ccc(Br)c(-n2cc(C(=O)O)c(=O)[nH]c2=O)c1. The van der Waals surface area contributed by atoms with Crippen molar-refractivity contribution < 1.29 is 14.6 Å². The van der Waals surface area contributed by atoms with E-state index >= 15 is 0 Å². The molecule has 0 radical (unpaired) electrons. The minimum atomic E-state index is -1.42. The first-order valence-electron chi connectivity index (χ1n) is 5.37. The molecule has 20 heavy (non-hydrogen) atoms. The molecule has 104 valence electrons. The lowest BCUT2D eigenvalue weighted by molar-refractivity contribution is 0.0694. The number of benzene rings is 1. The summed E-state index contributed by atoms with van der Waals surface area (Å²) in [6, 6.07) is 4.85. The highest BCUT2D eigenvalue weighted by Gasteiger charge is 2.14. The first kappa shape index (κ1) is 14.1. The monoisotopic (exact) mass is 340 g/mol. The molecule has 0 unspecified atom stereocenters. The van der Waals surface area contributed by atoms with Gasteiger partial charge in [-0.2, -0.15) is 0 Å². The van der Waals surface area contributed by atoms with Gasteiger partial charge >= 0.3 is 11.7 Å². The van der Waals surface area contributed by atoms with Gasteiger partial charge in [-0.15, -0.1) is 0 Å². The first-order chi connectivity index (χ1) is 9.43. The number of carboxylic acid groups (broad SMARTS) is 1. The summed E-state index contributed by atoms with van der Waals surface area (Å²) in [5.74, 6) is -0.933. The molecule has 0 fully saturated rings. The number of rotatable bonds is 3. The number of carbonyl (C=O) groups is 1. The topological polar surface area (TPSA) is 101 Å². The van der Waals surface area contributed by atoms with Crippen molar-refractivity contribution in [3.05, 3.63) is 55.3 Å². The van der Waals surface area contributed by atoms with Gasteiger partial charge in [0.15, 0.2) is 0 Å². The third-order valence-electron chi connectivity index (χ3n) is 2.59. The number of ether oxygens (including phenoxy) is 1. The summed E-state index contributed by atoms with van der Waals surface area (Å²) in [6.07, 6.45) is 0.975. The van der Waals surface area contributed by atoms with Crippen molar-refractivity contribution >= 4 is 21.9 Å². The molecule has 1 aromatic carbocycles. The Morgan fingerprint density at radius 2 is 2.10 bits per heavy atom. The molecule has 2 N–H and O–H groups in total. The van der Waals surface area contributed by atoms with Gasteiger partial charge in [-0.1, -0.05) is 0 Å². The normalized spacial score (nSPS) is 10.3. The van der Waals surface area contributed by atoms with Crippen LogP contribution >= 0.6 is 15.9 Å². The van der Waals surface area contributed by atoms with Crippen LogP contribution in [0.5, 0.6) is 5.75 Å². The van der Waals surface area contributed by atoms with E-state index in [2.05, 4.69) is 15.9 Å². The van der Waals surface area contributed by atoms with Crippen LogP contribution in [0, 0.1) is 0 Å². The molecule has 1 aromatic heterocycles. The molecule has 7 nitrogen and oxygen atoms in total. The standard InChI is InChI=1S/C12H9BrN2O5/c1-20-6-2-3-8(13)9(4-6)15-5-7(11(17)18)10(16)14-12(15)19/h2-5H,1H3,(H,17,18)(H,14,16,19). The molecule has 1 heterocycles. The molecule has 2 rings (SSSR count). The number of H-pyrrole nitrogens is 1. The second-order valence-electron chi connectivity index (χ2n) is 3.79. The molecule has 0 aliphatic carbocycles. The highest BCUT2D eigenvalue weighted by molar-refractivity contribution is 9.10. The summed E-state index contributed by atoms with van der Waals surface area (Å²) in [4.78, 5) is 36.1. The zero-order valence-corrected chi connectivity index (χ0v) is 11.8. The van der Waals surface area contributed by atoms with Crippen LogP contribution in [0.4, 0.5) is 0 Å². The lowest BCUT2D eigenvalue weighted by Gasteiger charge is -2.10. The zero-order chi connectivity index (χ0) is 14.9. The number of halogens is 1. The Hall–Kier alpha value is -2.35. The molecule has 0 saturated carbocycles. The minimum Gasteiger partial charge on any atom is -0.497 e. The minimum absolute atomic E-state index is 0.355. The van der Waals surface area contributed by atoms with E-state index in [-0.39, 0.29) is 0 Å². The fourth-order valence-corrected chi connectivity index (χ4v) is 2.04. The molecule has 0 saturated heterocycles. The zero-order valence-electron chi connectivity index (χ0n) is 10.2. The third kappa shape index (κ3) is 2.50. The average Bonchev–Trinajstić information content (AvgIpc) is 2.39. The van der Waals surface area contributed by atoms with Crippen LogP contribution in [0.2, 0.25) is 0 Å². The number of nitrogens with zero attached hydrogens (tertiary/aromatic N) is 1. The molecular weight excluding hydrogens is 332 g/mol. The number of aromatic amines is 1. The van der Waals surface area contributed by atoms with E-state index in [9.17, 15) is 14.4 Å². The predicted octanol–water partition coefficient (Wildman–Crippen LogP) is 0.995. The summed E-state index contributed by atoms with van der Waals surface area (Å²) in [7, 11) is 1.46. The van der Waals surface area contributed by atoms with E-state index in [1.165, 1.54) is 13.2 Å². The van der Waals surface area contributed by atoms with Gasteiger partial charge < -0.3 is 9.84 Å². The van der Waals surface area contributed by atoms with Crippen LogP contribution in [-0.2, 0) is 0 Å². The van der Waals surface area contributed by atoms with Gasteiger partial charge in [0.1, 0.15) is 11.3 Å². The van der Waals surface area contributed by atoms with E-state index in [0.29, 0.717) is 15.9 Å². The maximum Gasteiger partial charge on any atom is 0.342 e. The van der Waals surface area contributed by atoms with Crippen LogP contribution in [0.1, 0.15) is 10.4 Å². The molecule has 0 aliphatic rings. The average molecular weight is 341 g/mol.